The largest absolute Gasteiger partial charge is 0.355 e. The van der Waals surface area contributed by atoms with Gasteiger partial charge in [-0.1, -0.05) is 6.07 Å². The van der Waals surface area contributed by atoms with Gasteiger partial charge in [0, 0.05) is 23.3 Å². The molecule has 3 nitrogen and oxygen atoms in total. The first-order valence-electron chi connectivity index (χ1n) is 5.54. The average Bonchev–Trinajstić information content (AvgIpc) is 2.91. The van der Waals surface area contributed by atoms with Crippen molar-refractivity contribution < 1.29 is 4.79 Å². The molecule has 0 fully saturated rings. The van der Waals surface area contributed by atoms with Gasteiger partial charge in [-0.2, -0.15) is 0 Å². The monoisotopic (exact) mass is 248 g/mol. The lowest BCUT2D eigenvalue weighted by atomic mass is 10.2. The number of nitrogens with one attached hydrogen (secondary N) is 1. The van der Waals surface area contributed by atoms with Gasteiger partial charge in [-0.15, -0.1) is 11.3 Å². The van der Waals surface area contributed by atoms with Gasteiger partial charge in [0.1, 0.15) is 0 Å². The zero-order valence-corrected chi connectivity index (χ0v) is 11.1. The summed E-state index contributed by atoms with van der Waals surface area (Å²) in [4.78, 5) is 13.0. The highest BCUT2D eigenvalue weighted by molar-refractivity contribution is 7.09. The average molecular weight is 248 g/mol. The topological polar surface area (TPSA) is 34.0 Å². The quantitative estimate of drug-likeness (QED) is 0.890. The van der Waals surface area contributed by atoms with Crippen LogP contribution in [0.2, 0.25) is 0 Å². The van der Waals surface area contributed by atoms with Crippen LogP contribution in [-0.2, 0) is 6.54 Å². The molecule has 0 unspecified atom stereocenters. The Morgan fingerprint density at radius 1 is 1.47 bits per heavy atom. The Labute approximate surface area is 105 Å². The lowest BCUT2D eigenvalue weighted by molar-refractivity contribution is 0.0962. The Morgan fingerprint density at radius 2 is 2.24 bits per heavy atom. The fourth-order valence-corrected chi connectivity index (χ4v) is 2.66. The summed E-state index contributed by atoms with van der Waals surface area (Å²) in [5.74, 6) is -0.0180. The molecule has 0 aliphatic carbocycles. The van der Waals surface area contributed by atoms with Crippen molar-refractivity contribution >= 4 is 17.2 Å². The van der Waals surface area contributed by atoms with Gasteiger partial charge in [-0.3, -0.25) is 4.79 Å². The third-order valence-corrected chi connectivity index (χ3v) is 3.80. The van der Waals surface area contributed by atoms with Gasteiger partial charge in [0.25, 0.3) is 5.91 Å². The number of rotatable bonds is 3. The van der Waals surface area contributed by atoms with Crippen LogP contribution in [0.4, 0.5) is 0 Å². The van der Waals surface area contributed by atoms with E-state index >= 15 is 0 Å². The van der Waals surface area contributed by atoms with Crippen LogP contribution in [0.25, 0.3) is 0 Å². The number of carbonyl (C=O) groups is 1. The van der Waals surface area contributed by atoms with Crippen LogP contribution in [0.5, 0.6) is 0 Å². The van der Waals surface area contributed by atoms with E-state index in [1.54, 1.807) is 18.4 Å². The maximum Gasteiger partial charge on any atom is 0.252 e. The van der Waals surface area contributed by atoms with E-state index in [1.165, 1.54) is 4.88 Å². The van der Waals surface area contributed by atoms with Gasteiger partial charge in [0.15, 0.2) is 0 Å². The predicted molar refractivity (Wildman–Crippen MR) is 70.7 cm³/mol. The molecular formula is C13H16N2OS. The summed E-state index contributed by atoms with van der Waals surface area (Å²) in [5, 5.41) is 4.74. The summed E-state index contributed by atoms with van der Waals surface area (Å²) in [7, 11) is 1.66. The molecular weight excluding hydrogens is 232 g/mol. The molecule has 2 heterocycles. The second-order valence-corrected chi connectivity index (χ2v) is 5.06. The van der Waals surface area contributed by atoms with Crippen molar-refractivity contribution in [3.63, 3.8) is 0 Å². The Bertz CT molecular complexity index is 526. The van der Waals surface area contributed by atoms with Crippen molar-refractivity contribution in [2.24, 2.45) is 0 Å². The standard InChI is InChI=1S/C13H16N2OS/c1-9-7-12(13(16)14-3)10(2)15(9)8-11-5-4-6-17-11/h4-7H,8H2,1-3H3,(H,14,16). The number of nitrogens with zero attached hydrogens (tertiary/aromatic N) is 1. The van der Waals surface area contributed by atoms with Crippen LogP contribution in [-0.4, -0.2) is 17.5 Å². The van der Waals surface area contributed by atoms with Gasteiger partial charge >= 0.3 is 0 Å². The van der Waals surface area contributed by atoms with Crippen molar-refractivity contribution in [3.8, 4) is 0 Å². The number of aryl methyl sites for hydroxylation is 1. The lowest BCUT2D eigenvalue weighted by Gasteiger charge is -2.08. The zero-order valence-electron chi connectivity index (χ0n) is 10.3. The van der Waals surface area contributed by atoms with Gasteiger partial charge in [0.2, 0.25) is 0 Å². The van der Waals surface area contributed by atoms with Crippen LogP contribution in [0, 0.1) is 13.8 Å². The van der Waals surface area contributed by atoms with Crippen LogP contribution < -0.4 is 5.32 Å². The normalized spacial score (nSPS) is 10.5. The molecule has 0 aliphatic rings. The summed E-state index contributed by atoms with van der Waals surface area (Å²) in [6.45, 7) is 4.87. The predicted octanol–water partition coefficient (Wildman–Crippen LogP) is 2.57. The highest BCUT2D eigenvalue weighted by atomic mass is 32.1. The third-order valence-electron chi connectivity index (χ3n) is 2.94. The summed E-state index contributed by atoms with van der Waals surface area (Å²) in [6, 6.07) is 6.11. The van der Waals surface area contributed by atoms with E-state index in [1.807, 2.05) is 26.0 Å². The number of carbonyl (C=O) groups excluding carboxylic acids is 1. The lowest BCUT2D eigenvalue weighted by Crippen LogP contribution is -2.18. The van der Waals surface area contributed by atoms with Gasteiger partial charge in [-0.05, 0) is 31.4 Å². The van der Waals surface area contributed by atoms with Crippen LogP contribution in [0.15, 0.2) is 23.6 Å². The van der Waals surface area contributed by atoms with Crippen molar-refractivity contribution in [3.05, 3.63) is 45.4 Å². The fraction of sp³-hybridized carbons (Fsp3) is 0.308. The van der Waals surface area contributed by atoms with E-state index in [9.17, 15) is 4.79 Å². The Balaban J connectivity index is 2.35. The molecule has 1 amide bonds. The molecule has 2 aromatic heterocycles. The Hall–Kier alpha value is -1.55. The van der Waals surface area contributed by atoms with Crippen molar-refractivity contribution in [2.45, 2.75) is 20.4 Å². The molecule has 0 saturated heterocycles. The van der Waals surface area contributed by atoms with Crippen molar-refractivity contribution in [2.75, 3.05) is 7.05 Å². The fourth-order valence-electron chi connectivity index (χ4n) is 1.97. The van der Waals surface area contributed by atoms with Gasteiger partial charge in [0.05, 0.1) is 12.1 Å². The molecule has 1 N–H and O–H groups in total. The highest BCUT2D eigenvalue weighted by Gasteiger charge is 2.14. The maximum absolute atomic E-state index is 11.7. The molecule has 0 atom stereocenters. The van der Waals surface area contributed by atoms with Crippen LogP contribution >= 0.6 is 11.3 Å². The summed E-state index contributed by atoms with van der Waals surface area (Å²) < 4.78 is 2.18. The molecule has 0 bridgehead atoms. The van der Waals surface area contributed by atoms with E-state index in [0.717, 1.165) is 23.5 Å². The minimum atomic E-state index is -0.0180. The summed E-state index contributed by atoms with van der Waals surface area (Å²) >= 11 is 1.74. The van der Waals surface area contributed by atoms with Crippen LogP contribution in [0.3, 0.4) is 0 Å². The molecule has 0 aliphatic heterocycles. The zero-order chi connectivity index (χ0) is 12.4. The molecule has 90 valence electrons. The molecule has 0 saturated carbocycles. The van der Waals surface area contributed by atoms with Gasteiger partial charge < -0.3 is 9.88 Å². The van der Waals surface area contributed by atoms with E-state index in [-0.39, 0.29) is 5.91 Å². The smallest absolute Gasteiger partial charge is 0.252 e. The van der Waals surface area contributed by atoms with E-state index in [2.05, 4.69) is 21.3 Å². The van der Waals surface area contributed by atoms with E-state index in [0.29, 0.717) is 0 Å². The number of amides is 1. The molecule has 0 spiro atoms. The first-order chi connectivity index (χ1) is 8.13. The Kier molecular flexibility index (Phi) is 3.33. The molecule has 4 heteroatoms. The second-order valence-electron chi connectivity index (χ2n) is 4.03. The van der Waals surface area contributed by atoms with E-state index in [4.69, 9.17) is 0 Å². The van der Waals surface area contributed by atoms with Crippen molar-refractivity contribution in [1.29, 1.82) is 0 Å². The molecule has 2 aromatic rings. The SMILES string of the molecule is CNC(=O)c1cc(C)n(Cc2cccs2)c1C. The summed E-state index contributed by atoms with van der Waals surface area (Å²) in [5.41, 5.74) is 2.91. The maximum atomic E-state index is 11.7. The number of hydrogen-bond donors (Lipinski definition) is 1. The first-order valence-corrected chi connectivity index (χ1v) is 6.42. The molecule has 0 aromatic carbocycles. The first kappa shape index (κ1) is 11.9. The minimum absolute atomic E-state index is 0.0180. The highest BCUT2D eigenvalue weighted by Crippen LogP contribution is 2.19. The molecule has 2 rings (SSSR count). The number of aromatic nitrogens is 1. The second kappa shape index (κ2) is 4.75. The third kappa shape index (κ3) is 2.26. The molecule has 0 radical (unpaired) electrons. The number of hydrogen-bond acceptors (Lipinski definition) is 2. The van der Waals surface area contributed by atoms with Crippen molar-refractivity contribution in [1.82, 2.24) is 9.88 Å². The molecule has 17 heavy (non-hydrogen) atoms. The van der Waals surface area contributed by atoms with Gasteiger partial charge in [-0.25, -0.2) is 0 Å². The minimum Gasteiger partial charge on any atom is -0.355 e. The summed E-state index contributed by atoms with van der Waals surface area (Å²) in [6.07, 6.45) is 0. The van der Waals surface area contributed by atoms with Crippen LogP contribution in [0.1, 0.15) is 26.6 Å². The van der Waals surface area contributed by atoms with E-state index < -0.39 is 0 Å². The number of thiophene rings is 1. The Morgan fingerprint density at radius 3 is 2.82 bits per heavy atom.